The lowest BCUT2D eigenvalue weighted by Gasteiger charge is -2.29. The third kappa shape index (κ3) is 4.95. The summed E-state index contributed by atoms with van der Waals surface area (Å²) in [6.45, 7) is 3.94. The zero-order valence-electron chi connectivity index (χ0n) is 15.0. The van der Waals surface area contributed by atoms with Crippen molar-refractivity contribution in [1.82, 2.24) is 10.6 Å². The van der Waals surface area contributed by atoms with E-state index < -0.39 is 0 Å². The Labute approximate surface area is 153 Å². The molecule has 1 saturated heterocycles. The van der Waals surface area contributed by atoms with Gasteiger partial charge in [-0.3, -0.25) is 4.99 Å². The van der Waals surface area contributed by atoms with Gasteiger partial charge in [0.2, 0.25) is 0 Å². The second-order valence-electron chi connectivity index (χ2n) is 6.15. The minimum atomic E-state index is -0.196. The first-order valence-electron chi connectivity index (χ1n) is 8.86. The Morgan fingerprint density at radius 3 is 2.38 bits per heavy atom. The fraction of sp³-hybridized carbons (Fsp3) is 0.350. The van der Waals surface area contributed by atoms with E-state index in [1.165, 1.54) is 5.56 Å². The van der Waals surface area contributed by atoms with Gasteiger partial charge in [-0.2, -0.15) is 0 Å². The number of aliphatic imine (C=N–C) groups is 1. The molecule has 26 heavy (non-hydrogen) atoms. The number of benzene rings is 2. The molecule has 1 fully saturated rings. The van der Waals surface area contributed by atoms with Crippen molar-refractivity contribution in [2.75, 3.05) is 38.3 Å². The molecule has 2 aromatic carbocycles. The van der Waals surface area contributed by atoms with Crippen molar-refractivity contribution in [3.05, 3.63) is 65.5 Å². The Balaban J connectivity index is 1.53. The van der Waals surface area contributed by atoms with Gasteiger partial charge in [-0.05, 0) is 23.3 Å². The van der Waals surface area contributed by atoms with Gasteiger partial charge in [0.15, 0.2) is 5.96 Å². The number of hydrogen-bond donors (Lipinski definition) is 2. The molecule has 6 heteroatoms. The van der Waals surface area contributed by atoms with Crippen molar-refractivity contribution < 1.29 is 9.13 Å². The highest BCUT2D eigenvalue weighted by molar-refractivity contribution is 5.79. The van der Waals surface area contributed by atoms with Crippen LogP contribution in [0.1, 0.15) is 11.1 Å². The molecule has 0 atom stereocenters. The summed E-state index contributed by atoms with van der Waals surface area (Å²) in [7, 11) is 1.72. The predicted octanol–water partition coefficient (Wildman–Crippen LogP) is 2.53. The van der Waals surface area contributed by atoms with E-state index in [-0.39, 0.29) is 5.82 Å². The van der Waals surface area contributed by atoms with Crippen molar-refractivity contribution in [2.45, 2.75) is 13.1 Å². The molecule has 0 radical (unpaired) electrons. The number of anilines is 1. The third-order valence-electron chi connectivity index (χ3n) is 4.35. The van der Waals surface area contributed by atoms with Crippen LogP contribution in [0.4, 0.5) is 10.1 Å². The van der Waals surface area contributed by atoms with Crippen LogP contribution in [0.3, 0.4) is 0 Å². The van der Waals surface area contributed by atoms with E-state index in [1.807, 2.05) is 35.2 Å². The second-order valence-corrected chi connectivity index (χ2v) is 6.15. The molecule has 0 saturated carbocycles. The lowest BCUT2D eigenvalue weighted by Crippen LogP contribution is -2.37. The topological polar surface area (TPSA) is 48.9 Å². The van der Waals surface area contributed by atoms with Crippen LogP contribution in [0.5, 0.6) is 0 Å². The van der Waals surface area contributed by atoms with Gasteiger partial charge in [-0.25, -0.2) is 4.39 Å². The fourth-order valence-electron chi connectivity index (χ4n) is 2.91. The lowest BCUT2D eigenvalue weighted by molar-refractivity contribution is 0.122. The van der Waals surface area contributed by atoms with Crippen LogP contribution in [0.25, 0.3) is 0 Å². The summed E-state index contributed by atoms with van der Waals surface area (Å²) >= 11 is 0. The minimum absolute atomic E-state index is 0.196. The molecule has 1 heterocycles. The zero-order chi connectivity index (χ0) is 18.2. The molecule has 0 unspecified atom stereocenters. The molecule has 1 aliphatic heterocycles. The number of halogens is 1. The predicted molar refractivity (Wildman–Crippen MR) is 103 cm³/mol. The molecular formula is C20H25FN4O. The minimum Gasteiger partial charge on any atom is -0.378 e. The molecule has 0 amide bonds. The van der Waals surface area contributed by atoms with E-state index in [2.05, 4.69) is 27.8 Å². The Morgan fingerprint density at radius 1 is 1.04 bits per heavy atom. The van der Waals surface area contributed by atoms with Crippen LogP contribution < -0.4 is 15.5 Å². The van der Waals surface area contributed by atoms with Crippen molar-refractivity contribution in [1.29, 1.82) is 0 Å². The van der Waals surface area contributed by atoms with Crippen LogP contribution in [0.2, 0.25) is 0 Å². The number of rotatable bonds is 5. The molecule has 2 aromatic rings. The number of guanidine groups is 1. The number of nitrogens with zero attached hydrogens (tertiary/aromatic N) is 2. The molecule has 0 aromatic heterocycles. The SMILES string of the molecule is CN=C(NCc1ccccc1)NCc1ccc(N2CCOCC2)c(F)c1. The molecule has 3 rings (SSSR count). The van der Waals surface area contributed by atoms with E-state index in [4.69, 9.17) is 4.74 Å². The standard InChI is InChI=1S/C20H25FN4O/c1-22-20(23-14-16-5-3-2-4-6-16)24-15-17-7-8-19(18(21)13-17)25-9-11-26-12-10-25/h2-8,13H,9-12,14-15H2,1H3,(H2,22,23,24). The van der Waals surface area contributed by atoms with Crippen LogP contribution in [-0.4, -0.2) is 39.3 Å². The lowest BCUT2D eigenvalue weighted by atomic mass is 10.1. The maximum Gasteiger partial charge on any atom is 0.191 e. The normalized spacial score (nSPS) is 15.0. The number of morpholine rings is 1. The van der Waals surface area contributed by atoms with Gasteiger partial charge >= 0.3 is 0 Å². The molecule has 0 spiro atoms. The van der Waals surface area contributed by atoms with E-state index >= 15 is 0 Å². The first kappa shape index (κ1) is 18.2. The van der Waals surface area contributed by atoms with Crippen molar-refractivity contribution in [3.8, 4) is 0 Å². The summed E-state index contributed by atoms with van der Waals surface area (Å²) in [6.07, 6.45) is 0. The van der Waals surface area contributed by atoms with Crippen molar-refractivity contribution in [3.63, 3.8) is 0 Å². The van der Waals surface area contributed by atoms with E-state index in [0.29, 0.717) is 38.0 Å². The van der Waals surface area contributed by atoms with E-state index in [9.17, 15) is 4.39 Å². The molecule has 2 N–H and O–H groups in total. The van der Waals surface area contributed by atoms with Crippen molar-refractivity contribution in [2.24, 2.45) is 4.99 Å². The highest BCUT2D eigenvalue weighted by atomic mass is 19.1. The summed E-state index contributed by atoms with van der Waals surface area (Å²) in [5.41, 5.74) is 2.70. The average molecular weight is 356 g/mol. The highest BCUT2D eigenvalue weighted by Crippen LogP contribution is 2.21. The second kappa shape index (κ2) is 9.20. The first-order valence-corrected chi connectivity index (χ1v) is 8.86. The number of ether oxygens (including phenoxy) is 1. The Kier molecular flexibility index (Phi) is 6.44. The Bertz CT molecular complexity index is 730. The monoisotopic (exact) mass is 356 g/mol. The maximum atomic E-state index is 14.5. The quantitative estimate of drug-likeness (QED) is 0.639. The molecule has 0 aliphatic carbocycles. The van der Waals surface area contributed by atoms with Crippen LogP contribution in [-0.2, 0) is 17.8 Å². The number of hydrogen-bond acceptors (Lipinski definition) is 3. The smallest absolute Gasteiger partial charge is 0.191 e. The van der Waals surface area contributed by atoms with Gasteiger partial charge in [-0.15, -0.1) is 0 Å². The Hall–Kier alpha value is -2.60. The van der Waals surface area contributed by atoms with Gasteiger partial charge in [0.05, 0.1) is 18.9 Å². The van der Waals surface area contributed by atoms with Gasteiger partial charge in [0, 0.05) is 33.2 Å². The average Bonchev–Trinajstić information content (AvgIpc) is 2.69. The number of nitrogens with one attached hydrogen (secondary N) is 2. The van der Waals surface area contributed by atoms with Gasteiger partial charge in [0.25, 0.3) is 0 Å². The van der Waals surface area contributed by atoms with Crippen LogP contribution >= 0.6 is 0 Å². The highest BCUT2D eigenvalue weighted by Gasteiger charge is 2.15. The van der Waals surface area contributed by atoms with E-state index in [0.717, 1.165) is 18.7 Å². The summed E-state index contributed by atoms with van der Waals surface area (Å²) in [5.74, 6) is 0.491. The summed E-state index contributed by atoms with van der Waals surface area (Å²) in [6, 6.07) is 15.5. The zero-order valence-corrected chi connectivity index (χ0v) is 15.0. The molecule has 1 aliphatic rings. The van der Waals surface area contributed by atoms with Crippen LogP contribution in [0.15, 0.2) is 53.5 Å². The summed E-state index contributed by atoms with van der Waals surface area (Å²) in [5, 5.41) is 6.48. The summed E-state index contributed by atoms with van der Waals surface area (Å²) in [4.78, 5) is 6.23. The Morgan fingerprint density at radius 2 is 1.73 bits per heavy atom. The third-order valence-corrected chi connectivity index (χ3v) is 4.35. The summed E-state index contributed by atoms with van der Waals surface area (Å²) < 4.78 is 19.8. The van der Waals surface area contributed by atoms with Crippen LogP contribution in [0, 0.1) is 5.82 Å². The van der Waals surface area contributed by atoms with Crippen molar-refractivity contribution >= 4 is 11.6 Å². The maximum absolute atomic E-state index is 14.5. The molecule has 138 valence electrons. The van der Waals surface area contributed by atoms with Gasteiger partial charge in [0.1, 0.15) is 5.82 Å². The largest absolute Gasteiger partial charge is 0.378 e. The molecule has 0 bridgehead atoms. The van der Waals surface area contributed by atoms with Gasteiger partial charge in [-0.1, -0.05) is 36.4 Å². The fourth-order valence-corrected chi connectivity index (χ4v) is 2.91. The first-order chi connectivity index (χ1) is 12.8. The van der Waals surface area contributed by atoms with Gasteiger partial charge < -0.3 is 20.3 Å². The molecule has 5 nitrogen and oxygen atoms in total. The van der Waals surface area contributed by atoms with E-state index in [1.54, 1.807) is 13.1 Å². The molecular weight excluding hydrogens is 331 g/mol.